The standard InChI is InChI=1S/C18H24N2O4/c1-10-8-14(9-15(11(10)2)18(23)24-4)20-16(21)12(3)19-17(22)13-6-5-7-13/h8-9,12-13H,5-7H2,1-4H3,(H,19,22)(H,20,21)/t12-/m0/s1. The summed E-state index contributed by atoms with van der Waals surface area (Å²) in [5, 5.41) is 5.48. The number of amides is 2. The van der Waals surface area contributed by atoms with Gasteiger partial charge >= 0.3 is 5.97 Å². The van der Waals surface area contributed by atoms with Crippen LogP contribution in [0, 0.1) is 19.8 Å². The van der Waals surface area contributed by atoms with Gasteiger partial charge in [-0.05, 0) is 56.9 Å². The summed E-state index contributed by atoms with van der Waals surface area (Å²) < 4.78 is 4.77. The van der Waals surface area contributed by atoms with Crippen LogP contribution in [0.3, 0.4) is 0 Å². The van der Waals surface area contributed by atoms with Gasteiger partial charge in [0.25, 0.3) is 0 Å². The van der Waals surface area contributed by atoms with Crippen LogP contribution < -0.4 is 10.6 Å². The average Bonchev–Trinajstić information content (AvgIpc) is 2.47. The Morgan fingerprint density at radius 1 is 1.21 bits per heavy atom. The summed E-state index contributed by atoms with van der Waals surface area (Å²) in [4.78, 5) is 36.0. The van der Waals surface area contributed by atoms with Crippen LogP contribution >= 0.6 is 0 Å². The fraction of sp³-hybridized carbons (Fsp3) is 0.500. The SMILES string of the molecule is COC(=O)c1cc(NC(=O)[C@H](C)NC(=O)C2CCC2)cc(C)c1C. The van der Waals surface area contributed by atoms with Crippen molar-refractivity contribution in [3.8, 4) is 0 Å². The lowest BCUT2D eigenvalue weighted by Crippen LogP contribution is -2.45. The summed E-state index contributed by atoms with van der Waals surface area (Å²) in [7, 11) is 1.32. The van der Waals surface area contributed by atoms with E-state index in [2.05, 4.69) is 10.6 Å². The van der Waals surface area contributed by atoms with Crippen molar-refractivity contribution in [2.24, 2.45) is 5.92 Å². The highest BCUT2D eigenvalue weighted by atomic mass is 16.5. The molecule has 2 N–H and O–H groups in total. The number of hydrogen-bond acceptors (Lipinski definition) is 4. The molecule has 1 aromatic rings. The van der Waals surface area contributed by atoms with Gasteiger partial charge < -0.3 is 15.4 Å². The molecule has 1 atom stereocenters. The predicted molar refractivity (Wildman–Crippen MR) is 90.8 cm³/mol. The molecule has 0 heterocycles. The van der Waals surface area contributed by atoms with E-state index in [1.165, 1.54) is 7.11 Å². The summed E-state index contributed by atoms with van der Waals surface area (Å²) in [5.74, 6) is -0.799. The minimum absolute atomic E-state index is 0.0350. The number of methoxy groups -OCH3 is 1. The van der Waals surface area contributed by atoms with Gasteiger partial charge in [0.2, 0.25) is 11.8 Å². The van der Waals surface area contributed by atoms with Crippen molar-refractivity contribution in [1.82, 2.24) is 5.32 Å². The maximum atomic E-state index is 12.3. The zero-order chi connectivity index (χ0) is 17.9. The Balaban J connectivity index is 2.06. The molecule has 1 fully saturated rings. The molecule has 6 heteroatoms. The van der Waals surface area contributed by atoms with E-state index >= 15 is 0 Å². The number of nitrogens with one attached hydrogen (secondary N) is 2. The van der Waals surface area contributed by atoms with Gasteiger partial charge in [0.15, 0.2) is 0 Å². The van der Waals surface area contributed by atoms with E-state index in [0.29, 0.717) is 11.3 Å². The predicted octanol–water partition coefficient (Wildman–Crippen LogP) is 2.33. The minimum Gasteiger partial charge on any atom is -0.465 e. The minimum atomic E-state index is -0.638. The first-order chi connectivity index (χ1) is 11.3. The van der Waals surface area contributed by atoms with Crippen LogP contribution in [0.15, 0.2) is 12.1 Å². The molecular weight excluding hydrogens is 308 g/mol. The molecular formula is C18H24N2O4. The smallest absolute Gasteiger partial charge is 0.338 e. The third-order valence-corrected chi connectivity index (χ3v) is 4.57. The molecule has 0 spiro atoms. The molecule has 2 amide bonds. The number of carbonyl (C=O) groups excluding carboxylic acids is 3. The van der Waals surface area contributed by atoms with Crippen molar-refractivity contribution >= 4 is 23.5 Å². The van der Waals surface area contributed by atoms with E-state index < -0.39 is 12.0 Å². The van der Waals surface area contributed by atoms with E-state index in [9.17, 15) is 14.4 Å². The number of esters is 1. The lowest BCUT2D eigenvalue weighted by atomic mass is 9.84. The van der Waals surface area contributed by atoms with Crippen molar-refractivity contribution < 1.29 is 19.1 Å². The summed E-state index contributed by atoms with van der Waals surface area (Å²) in [6, 6.07) is 2.74. The molecule has 0 aromatic heterocycles. The van der Waals surface area contributed by atoms with Gasteiger partial charge in [0.05, 0.1) is 12.7 Å². The van der Waals surface area contributed by atoms with E-state index in [1.807, 2.05) is 13.8 Å². The van der Waals surface area contributed by atoms with Crippen molar-refractivity contribution in [1.29, 1.82) is 0 Å². The fourth-order valence-corrected chi connectivity index (χ4v) is 2.57. The normalized spacial score (nSPS) is 15.2. The molecule has 24 heavy (non-hydrogen) atoms. The lowest BCUT2D eigenvalue weighted by Gasteiger charge is -2.25. The topological polar surface area (TPSA) is 84.5 Å². The maximum Gasteiger partial charge on any atom is 0.338 e. The van der Waals surface area contributed by atoms with Crippen LogP contribution in [0.4, 0.5) is 5.69 Å². The van der Waals surface area contributed by atoms with E-state index in [0.717, 1.165) is 30.4 Å². The second-order valence-electron chi connectivity index (χ2n) is 6.30. The second kappa shape index (κ2) is 7.47. The van der Waals surface area contributed by atoms with Crippen LogP contribution in [0.25, 0.3) is 0 Å². The number of carbonyl (C=O) groups is 3. The van der Waals surface area contributed by atoms with Crippen molar-refractivity contribution in [2.75, 3.05) is 12.4 Å². The molecule has 0 unspecified atom stereocenters. The first-order valence-corrected chi connectivity index (χ1v) is 8.14. The van der Waals surface area contributed by atoms with Gasteiger partial charge in [-0.3, -0.25) is 9.59 Å². The fourth-order valence-electron chi connectivity index (χ4n) is 2.57. The van der Waals surface area contributed by atoms with Gasteiger partial charge in [0, 0.05) is 11.6 Å². The lowest BCUT2D eigenvalue weighted by molar-refractivity contribution is -0.130. The van der Waals surface area contributed by atoms with Crippen molar-refractivity contribution in [3.63, 3.8) is 0 Å². The molecule has 6 nitrogen and oxygen atoms in total. The van der Waals surface area contributed by atoms with Gasteiger partial charge in [0.1, 0.15) is 6.04 Å². The van der Waals surface area contributed by atoms with Gasteiger partial charge in [-0.25, -0.2) is 4.79 Å². The van der Waals surface area contributed by atoms with Crippen LogP contribution in [0.2, 0.25) is 0 Å². The van der Waals surface area contributed by atoms with Crippen LogP contribution in [0.5, 0.6) is 0 Å². The van der Waals surface area contributed by atoms with Crippen molar-refractivity contribution in [2.45, 2.75) is 46.1 Å². The third kappa shape index (κ3) is 3.93. The van der Waals surface area contributed by atoms with Crippen LogP contribution in [-0.2, 0) is 14.3 Å². The van der Waals surface area contributed by atoms with Crippen LogP contribution in [0.1, 0.15) is 47.7 Å². The molecule has 0 saturated heterocycles. The number of anilines is 1. The summed E-state index contributed by atoms with van der Waals surface area (Å²) in [6.45, 7) is 5.34. The Kier molecular flexibility index (Phi) is 5.59. The molecule has 0 radical (unpaired) electrons. The van der Waals surface area contributed by atoms with E-state index in [4.69, 9.17) is 4.74 Å². The summed E-state index contributed by atoms with van der Waals surface area (Å²) in [5.41, 5.74) is 2.61. The first kappa shape index (κ1) is 18.0. The number of hydrogen-bond donors (Lipinski definition) is 2. The summed E-state index contributed by atoms with van der Waals surface area (Å²) in [6.07, 6.45) is 2.84. The highest BCUT2D eigenvalue weighted by Crippen LogP contribution is 2.26. The number of rotatable bonds is 5. The highest BCUT2D eigenvalue weighted by molar-refractivity contribution is 5.99. The largest absolute Gasteiger partial charge is 0.465 e. The average molecular weight is 332 g/mol. The number of aryl methyl sites for hydroxylation is 1. The Morgan fingerprint density at radius 2 is 1.88 bits per heavy atom. The Morgan fingerprint density at radius 3 is 2.42 bits per heavy atom. The molecule has 1 aliphatic rings. The molecule has 2 rings (SSSR count). The number of benzene rings is 1. The zero-order valence-electron chi connectivity index (χ0n) is 14.6. The quantitative estimate of drug-likeness (QED) is 0.811. The molecule has 1 aromatic carbocycles. The Labute approximate surface area is 142 Å². The van der Waals surface area contributed by atoms with E-state index in [-0.39, 0.29) is 17.7 Å². The first-order valence-electron chi connectivity index (χ1n) is 8.14. The van der Waals surface area contributed by atoms with Gasteiger partial charge in [-0.15, -0.1) is 0 Å². The second-order valence-corrected chi connectivity index (χ2v) is 6.30. The Hall–Kier alpha value is -2.37. The van der Waals surface area contributed by atoms with E-state index in [1.54, 1.807) is 19.1 Å². The Bertz CT molecular complexity index is 665. The summed E-state index contributed by atoms with van der Waals surface area (Å²) >= 11 is 0. The van der Waals surface area contributed by atoms with Crippen molar-refractivity contribution in [3.05, 3.63) is 28.8 Å². The number of ether oxygens (including phenoxy) is 1. The monoisotopic (exact) mass is 332 g/mol. The van der Waals surface area contributed by atoms with Crippen LogP contribution in [-0.4, -0.2) is 30.9 Å². The third-order valence-electron chi connectivity index (χ3n) is 4.57. The molecule has 1 aliphatic carbocycles. The highest BCUT2D eigenvalue weighted by Gasteiger charge is 2.27. The van der Waals surface area contributed by atoms with Gasteiger partial charge in [-0.1, -0.05) is 6.42 Å². The molecule has 130 valence electrons. The molecule has 0 aliphatic heterocycles. The molecule has 1 saturated carbocycles. The zero-order valence-corrected chi connectivity index (χ0v) is 14.6. The molecule has 0 bridgehead atoms. The maximum absolute atomic E-state index is 12.3. The van der Waals surface area contributed by atoms with Gasteiger partial charge in [-0.2, -0.15) is 0 Å².